The van der Waals surface area contributed by atoms with Gasteiger partial charge in [0.1, 0.15) is 0 Å². The normalized spacial score (nSPS) is 16.8. The van der Waals surface area contributed by atoms with Crippen molar-refractivity contribution < 1.29 is 9.90 Å². The fourth-order valence-corrected chi connectivity index (χ4v) is 0.448. The highest BCUT2D eigenvalue weighted by Crippen LogP contribution is 2.07. The second-order valence-corrected chi connectivity index (χ2v) is 2.34. The number of carboxylic acids is 1. The van der Waals surface area contributed by atoms with Crippen molar-refractivity contribution in [2.75, 3.05) is 6.54 Å². The van der Waals surface area contributed by atoms with Crippen LogP contribution < -0.4 is 5.73 Å². The topological polar surface area (TPSA) is 63.3 Å². The van der Waals surface area contributed by atoms with E-state index in [9.17, 15) is 4.79 Å². The van der Waals surface area contributed by atoms with Gasteiger partial charge in [-0.1, -0.05) is 13.8 Å². The first-order valence-electron chi connectivity index (χ1n) is 3.02. The highest BCUT2D eigenvalue weighted by Gasteiger charge is 2.16. The SMILES string of the molecule is CC(CN)C(C)C(=O)O. The van der Waals surface area contributed by atoms with E-state index in [0.29, 0.717) is 6.54 Å². The lowest BCUT2D eigenvalue weighted by molar-refractivity contribution is -0.142. The van der Waals surface area contributed by atoms with Crippen LogP contribution in [-0.4, -0.2) is 17.6 Å². The summed E-state index contributed by atoms with van der Waals surface area (Å²) in [4.78, 5) is 10.2. The van der Waals surface area contributed by atoms with Crippen LogP contribution >= 0.6 is 0 Å². The van der Waals surface area contributed by atoms with Crippen molar-refractivity contribution in [3.05, 3.63) is 0 Å². The van der Waals surface area contributed by atoms with Crippen LogP contribution in [0.2, 0.25) is 0 Å². The Balaban J connectivity index is 3.72. The van der Waals surface area contributed by atoms with E-state index >= 15 is 0 Å². The van der Waals surface area contributed by atoms with Gasteiger partial charge >= 0.3 is 5.97 Å². The molecule has 54 valence electrons. The largest absolute Gasteiger partial charge is 0.481 e. The van der Waals surface area contributed by atoms with E-state index in [1.54, 1.807) is 6.92 Å². The van der Waals surface area contributed by atoms with Crippen molar-refractivity contribution in [1.82, 2.24) is 0 Å². The molecule has 0 bridgehead atoms. The Hall–Kier alpha value is -0.570. The van der Waals surface area contributed by atoms with E-state index in [0.717, 1.165) is 0 Å². The molecule has 0 spiro atoms. The fourth-order valence-electron chi connectivity index (χ4n) is 0.448. The van der Waals surface area contributed by atoms with Gasteiger partial charge in [0, 0.05) is 0 Å². The number of carbonyl (C=O) groups is 1. The summed E-state index contributed by atoms with van der Waals surface area (Å²) in [6.45, 7) is 3.94. The monoisotopic (exact) mass is 131 g/mol. The molecule has 0 aromatic carbocycles. The highest BCUT2D eigenvalue weighted by molar-refractivity contribution is 5.69. The lowest BCUT2D eigenvalue weighted by Crippen LogP contribution is -2.24. The molecule has 0 rings (SSSR count). The zero-order chi connectivity index (χ0) is 7.44. The minimum atomic E-state index is -0.770. The van der Waals surface area contributed by atoms with Crippen LogP contribution in [0, 0.1) is 11.8 Å². The van der Waals surface area contributed by atoms with Crippen molar-refractivity contribution in [2.24, 2.45) is 17.6 Å². The second-order valence-electron chi connectivity index (χ2n) is 2.34. The van der Waals surface area contributed by atoms with Crippen molar-refractivity contribution in [3.8, 4) is 0 Å². The molecule has 0 saturated heterocycles. The van der Waals surface area contributed by atoms with Gasteiger partial charge in [0.05, 0.1) is 5.92 Å². The molecular weight excluding hydrogens is 118 g/mol. The Labute approximate surface area is 54.9 Å². The van der Waals surface area contributed by atoms with Crippen LogP contribution in [0.25, 0.3) is 0 Å². The Kier molecular flexibility index (Phi) is 3.24. The minimum absolute atomic E-state index is 0.0718. The molecule has 3 N–H and O–H groups in total. The molecule has 3 nitrogen and oxygen atoms in total. The third-order valence-corrected chi connectivity index (χ3v) is 1.61. The lowest BCUT2D eigenvalue weighted by Gasteiger charge is -2.11. The van der Waals surface area contributed by atoms with Gasteiger partial charge in [-0.2, -0.15) is 0 Å². The van der Waals surface area contributed by atoms with Gasteiger partial charge in [-0.15, -0.1) is 0 Å². The first-order valence-corrected chi connectivity index (χ1v) is 3.02. The summed E-state index contributed by atoms with van der Waals surface area (Å²) >= 11 is 0. The van der Waals surface area contributed by atoms with Crippen molar-refractivity contribution in [2.45, 2.75) is 13.8 Å². The molecule has 2 atom stereocenters. The summed E-state index contributed by atoms with van der Waals surface area (Å²) in [6.07, 6.45) is 0. The van der Waals surface area contributed by atoms with Gasteiger partial charge in [0.25, 0.3) is 0 Å². The number of nitrogens with two attached hydrogens (primary N) is 1. The van der Waals surface area contributed by atoms with E-state index < -0.39 is 5.97 Å². The van der Waals surface area contributed by atoms with Crippen LogP contribution in [0.4, 0.5) is 0 Å². The Morgan fingerprint density at radius 1 is 1.67 bits per heavy atom. The van der Waals surface area contributed by atoms with Crippen LogP contribution in [0.5, 0.6) is 0 Å². The zero-order valence-corrected chi connectivity index (χ0v) is 5.79. The molecule has 0 aromatic rings. The second kappa shape index (κ2) is 3.45. The van der Waals surface area contributed by atoms with Crippen LogP contribution in [0.3, 0.4) is 0 Å². The summed E-state index contributed by atoms with van der Waals surface area (Å²) in [5.41, 5.74) is 5.25. The first kappa shape index (κ1) is 8.43. The summed E-state index contributed by atoms with van der Waals surface area (Å²) in [5, 5.41) is 8.43. The first-order chi connectivity index (χ1) is 4.09. The molecular formula is C6H13NO2. The number of rotatable bonds is 3. The average Bonchev–Trinajstić information content (AvgIpc) is 1.84. The Morgan fingerprint density at radius 3 is 2.22 bits per heavy atom. The molecule has 0 heterocycles. The standard InChI is InChI=1S/C6H13NO2/c1-4(3-7)5(2)6(8)9/h4-5H,3,7H2,1-2H3,(H,8,9). The van der Waals surface area contributed by atoms with Crippen LogP contribution in [-0.2, 0) is 4.79 Å². The molecule has 0 aliphatic heterocycles. The van der Waals surface area contributed by atoms with E-state index in [4.69, 9.17) is 10.8 Å². The number of carboxylic acid groups (broad SMARTS) is 1. The van der Waals surface area contributed by atoms with Gasteiger partial charge in [0.2, 0.25) is 0 Å². The van der Waals surface area contributed by atoms with Gasteiger partial charge in [-0.3, -0.25) is 4.79 Å². The van der Waals surface area contributed by atoms with Crippen molar-refractivity contribution in [3.63, 3.8) is 0 Å². The van der Waals surface area contributed by atoms with E-state index in [1.165, 1.54) is 0 Å². The summed E-state index contributed by atoms with van der Waals surface area (Å²) in [5.74, 6) is -1.02. The van der Waals surface area contributed by atoms with Gasteiger partial charge in [-0.05, 0) is 12.5 Å². The molecule has 2 unspecified atom stereocenters. The molecule has 0 aromatic heterocycles. The molecule has 0 radical (unpaired) electrons. The Bertz CT molecular complexity index is 103. The molecule has 0 aliphatic carbocycles. The quantitative estimate of drug-likeness (QED) is 0.579. The van der Waals surface area contributed by atoms with E-state index in [2.05, 4.69) is 0 Å². The third-order valence-electron chi connectivity index (χ3n) is 1.61. The molecule has 0 fully saturated rings. The van der Waals surface area contributed by atoms with Crippen molar-refractivity contribution in [1.29, 1.82) is 0 Å². The average molecular weight is 131 g/mol. The maximum atomic E-state index is 10.2. The number of hydrogen-bond donors (Lipinski definition) is 2. The Morgan fingerprint density at radius 2 is 2.11 bits per heavy atom. The number of aliphatic carboxylic acids is 1. The molecule has 3 heteroatoms. The molecule has 0 aliphatic rings. The van der Waals surface area contributed by atoms with E-state index in [-0.39, 0.29) is 11.8 Å². The van der Waals surface area contributed by atoms with Gasteiger partial charge in [0.15, 0.2) is 0 Å². The molecule has 0 amide bonds. The van der Waals surface area contributed by atoms with Crippen LogP contribution in [0.15, 0.2) is 0 Å². The smallest absolute Gasteiger partial charge is 0.306 e. The van der Waals surface area contributed by atoms with Gasteiger partial charge < -0.3 is 10.8 Å². The maximum Gasteiger partial charge on any atom is 0.306 e. The third kappa shape index (κ3) is 2.46. The summed E-state index contributed by atoms with van der Waals surface area (Å²) < 4.78 is 0. The highest BCUT2D eigenvalue weighted by atomic mass is 16.4. The summed E-state index contributed by atoms with van der Waals surface area (Å²) in [7, 11) is 0. The molecule has 9 heavy (non-hydrogen) atoms. The predicted octanol–water partition coefficient (Wildman–Crippen LogP) is 0.302. The zero-order valence-electron chi connectivity index (χ0n) is 5.79. The maximum absolute atomic E-state index is 10.2. The molecule has 0 saturated carbocycles. The van der Waals surface area contributed by atoms with Crippen LogP contribution in [0.1, 0.15) is 13.8 Å². The van der Waals surface area contributed by atoms with Gasteiger partial charge in [-0.25, -0.2) is 0 Å². The predicted molar refractivity (Wildman–Crippen MR) is 35.0 cm³/mol. The lowest BCUT2D eigenvalue weighted by atomic mass is 9.97. The van der Waals surface area contributed by atoms with E-state index in [1.807, 2.05) is 6.92 Å². The number of hydrogen-bond acceptors (Lipinski definition) is 2. The minimum Gasteiger partial charge on any atom is -0.481 e. The fraction of sp³-hybridized carbons (Fsp3) is 0.833. The summed E-state index contributed by atoms with van der Waals surface area (Å²) in [6, 6.07) is 0. The van der Waals surface area contributed by atoms with Crippen molar-refractivity contribution >= 4 is 5.97 Å².